The van der Waals surface area contributed by atoms with Crippen molar-refractivity contribution in [2.45, 2.75) is 82.4 Å². The minimum atomic E-state index is -4.13. The maximum Gasteiger partial charge on any atom is 0.263 e. The molecule has 2 aromatic carbocycles. The third kappa shape index (κ3) is 6.39. The Kier molecular flexibility index (Phi) is 9.15. The fraction of sp³-hybridized carbons (Fsp3) is 0.353. The number of aromatic nitrogens is 2. The zero-order valence-corrected chi connectivity index (χ0v) is 27.4. The predicted octanol–water partition coefficient (Wildman–Crippen LogP) is 7.32. The number of carbonyl (C=O) groups excluding carboxylic acids is 1. The number of amidine groups is 1. The van der Waals surface area contributed by atoms with Gasteiger partial charge in [0.25, 0.3) is 15.9 Å². The Morgan fingerprint density at radius 2 is 1.85 bits per heavy atom. The standard InChI is InChI=1S/C34H36ClN5O5S/c1-3-4-13-29-37-34(17-8-9-18-34)33(41)40(29)21-24-15-16-26(25(20-24)22-44-30-14-7-10-19-36-30)27-11-5-6-12-28(27)46(42,43)39-32-31(35)23(2)45-38-32/h5-7,10-12,14-16,19-20H,3-4,8-9,13,17-18,21-22H2,1-2H3,(H,38,39). The number of hydrogen-bond acceptors (Lipinski definition) is 8. The number of anilines is 1. The number of amides is 1. The molecule has 4 aromatic rings. The van der Waals surface area contributed by atoms with Crippen LogP contribution >= 0.6 is 11.6 Å². The van der Waals surface area contributed by atoms with Crippen LogP contribution in [0.5, 0.6) is 5.88 Å². The van der Waals surface area contributed by atoms with Gasteiger partial charge < -0.3 is 9.26 Å². The van der Waals surface area contributed by atoms with E-state index in [1.165, 1.54) is 6.07 Å². The molecule has 2 aromatic heterocycles. The van der Waals surface area contributed by atoms with Gasteiger partial charge in [-0.3, -0.25) is 19.4 Å². The van der Waals surface area contributed by atoms with E-state index in [-0.39, 0.29) is 28.3 Å². The molecule has 2 aliphatic rings. The molecule has 0 unspecified atom stereocenters. The van der Waals surface area contributed by atoms with E-state index < -0.39 is 15.6 Å². The second-order valence-corrected chi connectivity index (χ2v) is 13.7. The van der Waals surface area contributed by atoms with Crippen LogP contribution in [0, 0.1) is 6.92 Å². The van der Waals surface area contributed by atoms with Crippen LogP contribution in [0.3, 0.4) is 0 Å². The first kappa shape index (κ1) is 31.7. The Bertz CT molecular complexity index is 1870. The second kappa shape index (κ2) is 13.3. The largest absolute Gasteiger partial charge is 0.473 e. The lowest BCUT2D eigenvalue weighted by Crippen LogP contribution is -2.40. The van der Waals surface area contributed by atoms with Gasteiger partial charge in [-0.05, 0) is 61.1 Å². The summed E-state index contributed by atoms with van der Waals surface area (Å²) < 4.78 is 40.9. The number of ether oxygens (including phenoxy) is 1. The van der Waals surface area contributed by atoms with Gasteiger partial charge in [0, 0.05) is 24.2 Å². The Morgan fingerprint density at radius 3 is 2.57 bits per heavy atom. The molecular formula is C34H36ClN5O5S. The van der Waals surface area contributed by atoms with Gasteiger partial charge in [0.15, 0.2) is 5.76 Å². The summed E-state index contributed by atoms with van der Waals surface area (Å²) in [6, 6.07) is 17.9. The number of carbonyl (C=O) groups is 1. The summed E-state index contributed by atoms with van der Waals surface area (Å²) in [6.07, 6.45) is 7.96. The number of halogens is 1. The van der Waals surface area contributed by atoms with E-state index in [0.717, 1.165) is 61.9 Å². The highest BCUT2D eigenvalue weighted by Gasteiger charge is 2.49. The molecule has 1 aliphatic heterocycles. The fourth-order valence-corrected chi connectivity index (χ4v) is 7.52. The van der Waals surface area contributed by atoms with Crippen LogP contribution in [-0.2, 0) is 28.0 Å². The Labute approximate surface area is 273 Å². The summed E-state index contributed by atoms with van der Waals surface area (Å²) in [7, 11) is -4.13. The average molecular weight is 662 g/mol. The van der Waals surface area contributed by atoms with E-state index in [2.05, 4.69) is 21.8 Å². The molecule has 0 saturated heterocycles. The van der Waals surface area contributed by atoms with Crippen LogP contribution in [0.1, 0.15) is 68.8 Å². The molecule has 1 fully saturated rings. The number of rotatable bonds is 12. The van der Waals surface area contributed by atoms with Crippen molar-refractivity contribution in [3.63, 3.8) is 0 Å². The lowest BCUT2D eigenvalue weighted by molar-refractivity contribution is -0.131. The molecule has 12 heteroatoms. The first-order valence-electron chi connectivity index (χ1n) is 15.5. The smallest absolute Gasteiger partial charge is 0.263 e. The molecule has 1 amide bonds. The molecule has 46 heavy (non-hydrogen) atoms. The number of unbranched alkanes of at least 4 members (excludes halogenated alkanes) is 1. The van der Waals surface area contributed by atoms with Crippen molar-refractivity contribution >= 4 is 39.2 Å². The van der Waals surface area contributed by atoms with Gasteiger partial charge >= 0.3 is 0 Å². The zero-order valence-electron chi connectivity index (χ0n) is 25.8. The molecule has 3 heterocycles. The molecule has 0 bridgehead atoms. The second-order valence-electron chi connectivity index (χ2n) is 11.7. The van der Waals surface area contributed by atoms with Gasteiger partial charge in [0.1, 0.15) is 23.0 Å². The highest BCUT2D eigenvalue weighted by molar-refractivity contribution is 7.92. The van der Waals surface area contributed by atoms with E-state index in [1.54, 1.807) is 43.5 Å². The maximum atomic E-state index is 13.8. The average Bonchev–Trinajstić information content (AvgIpc) is 3.74. The van der Waals surface area contributed by atoms with Gasteiger partial charge in [-0.2, -0.15) is 0 Å². The fourth-order valence-electron chi connectivity index (χ4n) is 6.12. The first-order valence-corrected chi connectivity index (χ1v) is 17.4. The number of pyridine rings is 1. The summed E-state index contributed by atoms with van der Waals surface area (Å²) >= 11 is 6.22. The van der Waals surface area contributed by atoms with E-state index in [4.69, 9.17) is 25.9 Å². The molecule has 1 aliphatic carbocycles. The van der Waals surface area contributed by atoms with E-state index in [9.17, 15) is 13.2 Å². The number of benzene rings is 2. The lowest BCUT2D eigenvalue weighted by Gasteiger charge is -2.23. The quantitative estimate of drug-likeness (QED) is 0.168. The highest BCUT2D eigenvalue weighted by Crippen LogP contribution is 2.40. The maximum absolute atomic E-state index is 13.8. The zero-order chi connectivity index (χ0) is 32.3. The van der Waals surface area contributed by atoms with Gasteiger partial charge in [-0.15, -0.1) is 0 Å². The third-order valence-electron chi connectivity index (χ3n) is 8.49. The summed E-state index contributed by atoms with van der Waals surface area (Å²) in [6.45, 7) is 4.21. The van der Waals surface area contributed by atoms with Crippen LogP contribution < -0.4 is 9.46 Å². The van der Waals surface area contributed by atoms with Crippen molar-refractivity contribution < 1.29 is 22.5 Å². The normalized spacial score (nSPS) is 15.8. The van der Waals surface area contributed by atoms with Gasteiger partial charge in [0.05, 0.1) is 11.4 Å². The Hall–Kier alpha value is -4.22. The van der Waals surface area contributed by atoms with Crippen molar-refractivity contribution in [1.82, 2.24) is 15.0 Å². The highest BCUT2D eigenvalue weighted by atomic mass is 35.5. The molecule has 0 atom stereocenters. The monoisotopic (exact) mass is 661 g/mol. The number of hydrogen-bond donors (Lipinski definition) is 1. The molecule has 6 rings (SSSR count). The minimum absolute atomic E-state index is 0.0328. The molecular weight excluding hydrogens is 626 g/mol. The Balaban J connectivity index is 1.36. The van der Waals surface area contributed by atoms with Crippen molar-refractivity contribution in [1.29, 1.82) is 0 Å². The summed E-state index contributed by atoms with van der Waals surface area (Å²) in [5.74, 6) is 1.59. The molecule has 240 valence electrons. The number of nitrogens with one attached hydrogen (secondary N) is 1. The molecule has 0 radical (unpaired) electrons. The van der Waals surface area contributed by atoms with Crippen molar-refractivity contribution in [2.75, 3.05) is 4.72 Å². The minimum Gasteiger partial charge on any atom is -0.473 e. The number of nitrogens with zero attached hydrogens (tertiary/aromatic N) is 4. The summed E-state index contributed by atoms with van der Waals surface area (Å²) in [4.78, 5) is 25.0. The van der Waals surface area contributed by atoms with Crippen LogP contribution in [0.15, 0.2) is 81.3 Å². The summed E-state index contributed by atoms with van der Waals surface area (Å²) in [5, 5.41) is 3.85. The van der Waals surface area contributed by atoms with Gasteiger partial charge in [0.2, 0.25) is 11.7 Å². The molecule has 1 spiro atoms. The van der Waals surface area contributed by atoms with E-state index in [0.29, 0.717) is 29.3 Å². The molecule has 1 saturated carbocycles. The SMILES string of the molecule is CCCCC1=NC2(CCCC2)C(=O)N1Cc1ccc(-c2ccccc2S(=O)(=O)Nc2noc(C)c2Cl)c(COc2ccccn2)c1. The van der Waals surface area contributed by atoms with E-state index in [1.807, 2.05) is 29.2 Å². The predicted molar refractivity (Wildman–Crippen MR) is 176 cm³/mol. The van der Waals surface area contributed by atoms with Crippen molar-refractivity contribution in [3.05, 3.63) is 88.8 Å². The number of aryl methyl sites for hydroxylation is 1. The van der Waals surface area contributed by atoms with Crippen LogP contribution in [-0.4, -0.2) is 40.7 Å². The van der Waals surface area contributed by atoms with Crippen molar-refractivity contribution in [2.24, 2.45) is 4.99 Å². The van der Waals surface area contributed by atoms with Crippen LogP contribution in [0.4, 0.5) is 5.82 Å². The van der Waals surface area contributed by atoms with Crippen LogP contribution in [0.2, 0.25) is 5.02 Å². The summed E-state index contributed by atoms with van der Waals surface area (Å²) in [5.41, 5.74) is 2.11. The van der Waals surface area contributed by atoms with Crippen LogP contribution in [0.25, 0.3) is 11.1 Å². The molecule has 1 N–H and O–H groups in total. The van der Waals surface area contributed by atoms with Gasteiger partial charge in [-0.1, -0.05) is 79.3 Å². The topological polar surface area (TPSA) is 127 Å². The van der Waals surface area contributed by atoms with Crippen molar-refractivity contribution in [3.8, 4) is 17.0 Å². The van der Waals surface area contributed by atoms with Gasteiger partial charge in [-0.25, -0.2) is 13.4 Å². The first-order chi connectivity index (χ1) is 22.2. The third-order valence-corrected chi connectivity index (χ3v) is 10.3. The Morgan fingerprint density at radius 1 is 1.07 bits per heavy atom. The molecule has 10 nitrogen and oxygen atoms in total. The number of sulfonamides is 1. The number of aliphatic imine (C=N–C) groups is 1. The lowest BCUT2D eigenvalue weighted by atomic mass is 9.96. The van der Waals surface area contributed by atoms with E-state index >= 15 is 0 Å².